The van der Waals surface area contributed by atoms with Crippen molar-refractivity contribution >= 4 is 11.8 Å². The Bertz CT molecular complexity index is 746. The van der Waals surface area contributed by atoms with Crippen LogP contribution in [0, 0.1) is 11.7 Å². The van der Waals surface area contributed by atoms with Crippen molar-refractivity contribution in [3.05, 3.63) is 29.6 Å². The zero-order valence-electron chi connectivity index (χ0n) is 17.1. The lowest BCUT2D eigenvalue weighted by Crippen LogP contribution is -2.54. The summed E-state index contributed by atoms with van der Waals surface area (Å²) in [5.74, 6) is -0.378. The summed E-state index contributed by atoms with van der Waals surface area (Å²) in [5.41, 5.74) is -0.272. The van der Waals surface area contributed by atoms with Crippen LogP contribution in [0.25, 0.3) is 0 Å². The van der Waals surface area contributed by atoms with Gasteiger partial charge >= 0.3 is 0 Å². The zero-order valence-corrected chi connectivity index (χ0v) is 17.1. The van der Waals surface area contributed by atoms with Crippen LogP contribution in [0.1, 0.15) is 43.5 Å². The maximum Gasteiger partial charge on any atom is 0.255 e. The van der Waals surface area contributed by atoms with Gasteiger partial charge in [-0.05, 0) is 58.4 Å². The number of benzene rings is 1. The van der Waals surface area contributed by atoms with Gasteiger partial charge in [-0.2, -0.15) is 0 Å². The number of likely N-dealkylation sites (tertiary alicyclic amines) is 2. The lowest BCUT2D eigenvalue weighted by atomic mass is 9.96. The number of amides is 2. The number of carbonyl (C=O) groups excluding carboxylic acids is 2. The fourth-order valence-electron chi connectivity index (χ4n) is 4.40. The monoisotopic (exact) mass is 391 g/mol. The maximum atomic E-state index is 13.6. The van der Waals surface area contributed by atoms with Crippen molar-refractivity contribution in [3.63, 3.8) is 0 Å². The van der Waals surface area contributed by atoms with Crippen molar-refractivity contribution < 1.29 is 18.7 Å². The topological polar surface area (TPSA) is 61.9 Å². The predicted octanol–water partition coefficient (Wildman–Crippen LogP) is 2.29. The Hall–Kier alpha value is -2.15. The van der Waals surface area contributed by atoms with Gasteiger partial charge in [-0.15, -0.1) is 0 Å². The van der Waals surface area contributed by atoms with E-state index in [0.717, 1.165) is 25.8 Å². The average Bonchev–Trinajstić information content (AvgIpc) is 3.22. The third kappa shape index (κ3) is 3.99. The molecule has 0 saturated carbocycles. The van der Waals surface area contributed by atoms with Crippen LogP contribution < -0.4 is 10.1 Å². The molecule has 2 saturated heterocycles. The minimum Gasteiger partial charge on any atom is -0.496 e. The molecule has 1 unspecified atom stereocenters. The molecule has 0 aliphatic carbocycles. The Morgan fingerprint density at radius 1 is 1.39 bits per heavy atom. The first-order valence-electron chi connectivity index (χ1n) is 9.88. The number of hydrogen-bond acceptors (Lipinski definition) is 4. The maximum absolute atomic E-state index is 13.6. The van der Waals surface area contributed by atoms with E-state index in [0.29, 0.717) is 24.9 Å². The van der Waals surface area contributed by atoms with Crippen LogP contribution in [0.3, 0.4) is 0 Å². The Balaban J connectivity index is 1.68. The second-order valence-electron chi connectivity index (χ2n) is 8.34. The quantitative estimate of drug-likeness (QED) is 0.837. The van der Waals surface area contributed by atoms with Gasteiger partial charge in [-0.1, -0.05) is 0 Å². The number of nitrogens with one attached hydrogen (secondary N) is 1. The molecular weight excluding hydrogens is 361 g/mol. The van der Waals surface area contributed by atoms with Crippen LogP contribution in [-0.2, 0) is 4.79 Å². The van der Waals surface area contributed by atoms with Gasteiger partial charge in [-0.25, -0.2) is 4.39 Å². The lowest BCUT2D eigenvalue weighted by Gasteiger charge is -2.37. The van der Waals surface area contributed by atoms with Crippen LogP contribution in [0.2, 0.25) is 0 Å². The number of carbonyl (C=O) groups is 2. The highest BCUT2D eigenvalue weighted by Crippen LogP contribution is 2.33. The number of methoxy groups -OCH3 is 1. The van der Waals surface area contributed by atoms with Gasteiger partial charge in [-0.3, -0.25) is 9.59 Å². The van der Waals surface area contributed by atoms with E-state index < -0.39 is 17.3 Å². The summed E-state index contributed by atoms with van der Waals surface area (Å²) in [5, 5.41) is 2.89. The normalized spacial score (nSPS) is 27.8. The van der Waals surface area contributed by atoms with E-state index in [9.17, 15) is 14.0 Å². The summed E-state index contributed by atoms with van der Waals surface area (Å²) in [4.78, 5) is 29.9. The highest BCUT2D eigenvalue weighted by atomic mass is 19.1. The Labute approximate surface area is 166 Å². The van der Waals surface area contributed by atoms with Gasteiger partial charge in [0, 0.05) is 25.7 Å². The van der Waals surface area contributed by atoms with Crippen molar-refractivity contribution in [2.24, 2.45) is 5.92 Å². The summed E-state index contributed by atoms with van der Waals surface area (Å²) in [6, 6.07) is 4.27. The molecule has 2 aliphatic rings. The fraction of sp³-hybridized carbons (Fsp3) is 0.619. The highest BCUT2D eigenvalue weighted by Gasteiger charge is 2.44. The first-order valence-corrected chi connectivity index (χ1v) is 9.88. The number of ether oxygens (including phenoxy) is 1. The smallest absolute Gasteiger partial charge is 0.255 e. The van der Waals surface area contributed by atoms with E-state index in [-0.39, 0.29) is 17.4 Å². The van der Waals surface area contributed by atoms with E-state index in [4.69, 9.17) is 4.74 Å². The lowest BCUT2D eigenvalue weighted by molar-refractivity contribution is -0.138. The van der Waals surface area contributed by atoms with Crippen LogP contribution >= 0.6 is 0 Å². The van der Waals surface area contributed by atoms with Crippen LogP contribution in [-0.4, -0.2) is 67.0 Å². The minimum absolute atomic E-state index is 0.0106. The molecule has 1 aromatic rings. The standard InChI is InChI=1S/C21H30FN3O3/c1-14-10-15(12-24(14)3)20(27)25-9-5-8-21(25,2)13-23-19(26)17-11-16(22)6-7-18(17)28-4/h6-7,11,14-15H,5,8-10,12-13H2,1-4H3,(H,23,26)/t14-,15+,21?/m0/s1. The molecule has 28 heavy (non-hydrogen) atoms. The highest BCUT2D eigenvalue weighted by molar-refractivity contribution is 5.97. The Kier molecular flexibility index (Phi) is 5.93. The first kappa shape index (κ1) is 20.6. The molecule has 0 spiro atoms. The molecule has 1 N–H and O–H groups in total. The molecule has 2 aliphatic heterocycles. The molecule has 0 bridgehead atoms. The van der Waals surface area contributed by atoms with Gasteiger partial charge in [0.15, 0.2) is 0 Å². The molecule has 3 atom stereocenters. The average molecular weight is 391 g/mol. The third-order valence-corrected chi connectivity index (χ3v) is 6.29. The number of halogens is 1. The van der Waals surface area contributed by atoms with E-state index in [2.05, 4.69) is 17.1 Å². The largest absolute Gasteiger partial charge is 0.496 e. The van der Waals surface area contributed by atoms with E-state index in [1.54, 1.807) is 0 Å². The minimum atomic E-state index is -0.491. The van der Waals surface area contributed by atoms with E-state index in [1.165, 1.54) is 25.3 Å². The summed E-state index contributed by atoms with van der Waals surface area (Å²) in [6.45, 7) is 5.98. The Morgan fingerprint density at radius 2 is 2.14 bits per heavy atom. The van der Waals surface area contributed by atoms with Gasteiger partial charge in [0.2, 0.25) is 5.91 Å². The van der Waals surface area contributed by atoms with Crippen molar-refractivity contribution in [3.8, 4) is 5.75 Å². The van der Waals surface area contributed by atoms with E-state index >= 15 is 0 Å². The fourth-order valence-corrected chi connectivity index (χ4v) is 4.40. The molecule has 0 aromatic heterocycles. The number of nitrogens with zero attached hydrogens (tertiary/aromatic N) is 2. The number of hydrogen-bond donors (Lipinski definition) is 1. The third-order valence-electron chi connectivity index (χ3n) is 6.29. The second-order valence-corrected chi connectivity index (χ2v) is 8.34. The SMILES string of the molecule is COc1ccc(F)cc1C(=O)NCC1(C)CCCN1C(=O)[C@@H]1C[C@H](C)N(C)C1. The molecule has 0 radical (unpaired) electrons. The van der Waals surface area contributed by atoms with Crippen LogP contribution in [0.4, 0.5) is 4.39 Å². The summed E-state index contributed by atoms with van der Waals surface area (Å²) in [6.07, 6.45) is 2.62. The second kappa shape index (κ2) is 8.07. The Morgan fingerprint density at radius 3 is 2.79 bits per heavy atom. The van der Waals surface area contributed by atoms with Crippen LogP contribution in [0.15, 0.2) is 18.2 Å². The summed E-state index contributed by atoms with van der Waals surface area (Å²) >= 11 is 0. The molecule has 154 valence electrons. The van der Waals surface area contributed by atoms with E-state index in [1.807, 2.05) is 18.9 Å². The molecule has 3 rings (SSSR count). The molecule has 2 fully saturated rings. The summed E-state index contributed by atoms with van der Waals surface area (Å²) < 4.78 is 18.7. The van der Waals surface area contributed by atoms with Crippen molar-refractivity contribution in [1.29, 1.82) is 0 Å². The van der Waals surface area contributed by atoms with Crippen molar-refractivity contribution in [2.45, 2.75) is 44.7 Å². The predicted molar refractivity (Wildman–Crippen MR) is 105 cm³/mol. The van der Waals surface area contributed by atoms with Crippen LogP contribution in [0.5, 0.6) is 5.75 Å². The molecule has 1 aromatic carbocycles. The molecular formula is C21H30FN3O3. The van der Waals surface area contributed by atoms with Crippen molar-refractivity contribution in [2.75, 3.05) is 33.8 Å². The van der Waals surface area contributed by atoms with Gasteiger partial charge in [0.05, 0.1) is 24.1 Å². The molecule has 2 heterocycles. The number of rotatable bonds is 5. The van der Waals surface area contributed by atoms with Gasteiger partial charge < -0.3 is 19.9 Å². The molecule has 6 nitrogen and oxygen atoms in total. The molecule has 7 heteroatoms. The molecule has 2 amide bonds. The zero-order chi connectivity index (χ0) is 20.5. The summed E-state index contributed by atoms with van der Waals surface area (Å²) in [7, 11) is 3.50. The van der Waals surface area contributed by atoms with Crippen molar-refractivity contribution in [1.82, 2.24) is 15.1 Å². The van der Waals surface area contributed by atoms with Gasteiger partial charge in [0.1, 0.15) is 11.6 Å². The first-order chi connectivity index (χ1) is 13.2. The van der Waals surface area contributed by atoms with Gasteiger partial charge in [0.25, 0.3) is 5.91 Å².